The summed E-state index contributed by atoms with van der Waals surface area (Å²) in [7, 11) is 1.65. The van der Waals surface area contributed by atoms with Crippen molar-refractivity contribution in [3.05, 3.63) is 60.2 Å². The number of H-pyrrole nitrogens is 1. The number of benzene rings is 2. The summed E-state index contributed by atoms with van der Waals surface area (Å²) in [5.74, 6) is 2.75. The van der Waals surface area contributed by atoms with Crippen molar-refractivity contribution >= 4 is 17.7 Å². The van der Waals surface area contributed by atoms with E-state index in [9.17, 15) is 4.79 Å². The summed E-state index contributed by atoms with van der Waals surface area (Å²) in [4.78, 5) is 12.2. The maximum atomic E-state index is 12.2. The molecule has 27 heavy (non-hydrogen) atoms. The van der Waals surface area contributed by atoms with E-state index in [1.165, 1.54) is 0 Å². The molecule has 2 N–H and O–H groups in total. The summed E-state index contributed by atoms with van der Waals surface area (Å²) in [6.45, 7) is 2.80. The third-order valence-electron chi connectivity index (χ3n) is 4.14. The van der Waals surface area contributed by atoms with Gasteiger partial charge in [-0.15, -0.1) is 0 Å². The molecule has 0 unspecified atom stereocenters. The van der Waals surface area contributed by atoms with E-state index in [4.69, 9.17) is 4.74 Å². The van der Waals surface area contributed by atoms with Crippen molar-refractivity contribution < 1.29 is 9.53 Å². The molecule has 0 fully saturated rings. The predicted molar refractivity (Wildman–Crippen MR) is 111 cm³/mol. The van der Waals surface area contributed by atoms with Crippen LogP contribution in [-0.2, 0) is 0 Å². The number of carbonyl (C=O) groups is 1. The largest absolute Gasteiger partial charge is 0.497 e. The van der Waals surface area contributed by atoms with Crippen molar-refractivity contribution in [1.82, 2.24) is 15.5 Å². The van der Waals surface area contributed by atoms with Gasteiger partial charge in [0.2, 0.25) is 0 Å². The predicted octanol–water partition coefficient (Wildman–Crippen LogP) is 4.24. The van der Waals surface area contributed by atoms with Gasteiger partial charge in [-0.05, 0) is 41.6 Å². The first-order valence-electron chi connectivity index (χ1n) is 8.87. The van der Waals surface area contributed by atoms with Gasteiger partial charge in [0.1, 0.15) is 5.75 Å². The zero-order chi connectivity index (χ0) is 19.1. The van der Waals surface area contributed by atoms with Gasteiger partial charge in [-0.25, -0.2) is 0 Å². The maximum Gasteiger partial charge on any atom is 0.251 e. The summed E-state index contributed by atoms with van der Waals surface area (Å²) < 4.78 is 5.27. The van der Waals surface area contributed by atoms with E-state index in [0.717, 1.165) is 39.8 Å². The molecule has 0 saturated heterocycles. The molecule has 0 aliphatic heterocycles. The smallest absolute Gasteiger partial charge is 0.251 e. The molecule has 0 saturated carbocycles. The van der Waals surface area contributed by atoms with Crippen LogP contribution in [0.4, 0.5) is 0 Å². The Labute approximate surface area is 163 Å². The molecule has 3 rings (SSSR count). The minimum Gasteiger partial charge on any atom is -0.497 e. The van der Waals surface area contributed by atoms with E-state index < -0.39 is 0 Å². The molecular formula is C21H23N3O2S. The Hall–Kier alpha value is -2.73. The number of ether oxygens (including phenoxy) is 1. The second kappa shape index (κ2) is 9.28. The number of hydrogen-bond donors (Lipinski definition) is 2. The molecule has 2 aromatic carbocycles. The average Bonchev–Trinajstić information content (AvgIpc) is 3.21. The van der Waals surface area contributed by atoms with Crippen LogP contribution < -0.4 is 10.1 Å². The first-order chi connectivity index (χ1) is 13.2. The SMILES string of the molecule is CCSCCNC(=O)c1ccc(-c2cc(-c3cccc(OC)c3)n[nH]2)cc1. The first-order valence-corrected chi connectivity index (χ1v) is 10.0. The van der Waals surface area contributed by atoms with Gasteiger partial charge in [-0.2, -0.15) is 16.9 Å². The lowest BCUT2D eigenvalue weighted by Gasteiger charge is -2.05. The summed E-state index contributed by atoms with van der Waals surface area (Å²) in [5.41, 5.74) is 4.37. The number of rotatable bonds is 8. The van der Waals surface area contributed by atoms with Crippen LogP contribution in [0.1, 0.15) is 17.3 Å². The molecule has 0 aliphatic rings. The van der Waals surface area contributed by atoms with Crippen molar-refractivity contribution in [2.45, 2.75) is 6.92 Å². The van der Waals surface area contributed by atoms with Gasteiger partial charge in [0.25, 0.3) is 5.91 Å². The molecule has 5 nitrogen and oxygen atoms in total. The minimum atomic E-state index is -0.0417. The van der Waals surface area contributed by atoms with Gasteiger partial charge in [0.15, 0.2) is 0 Å². The number of hydrogen-bond acceptors (Lipinski definition) is 4. The topological polar surface area (TPSA) is 67.0 Å². The van der Waals surface area contributed by atoms with Crippen LogP contribution >= 0.6 is 11.8 Å². The van der Waals surface area contributed by atoms with Gasteiger partial charge in [-0.3, -0.25) is 9.89 Å². The van der Waals surface area contributed by atoms with Crippen LogP contribution in [0.25, 0.3) is 22.5 Å². The molecule has 0 bridgehead atoms. The molecule has 140 valence electrons. The molecule has 0 spiro atoms. The molecule has 1 aromatic heterocycles. The second-order valence-electron chi connectivity index (χ2n) is 5.93. The van der Waals surface area contributed by atoms with Crippen LogP contribution in [0.3, 0.4) is 0 Å². The highest BCUT2D eigenvalue weighted by atomic mass is 32.2. The van der Waals surface area contributed by atoms with E-state index in [1.807, 2.05) is 66.4 Å². The van der Waals surface area contributed by atoms with Crippen molar-refractivity contribution in [3.63, 3.8) is 0 Å². The fourth-order valence-electron chi connectivity index (χ4n) is 2.68. The second-order valence-corrected chi connectivity index (χ2v) is 7.32. The highest BCUT2D eigenvalue weighted by Gasteiger charge is 2.09. The zero-order valence-corrected chi connectivity index (χ0v) is 16.3. The van der Waals surface area contributed by atoms with Gasteiger partial charge < -0.3 is 10.1 Å². The Morgan fingerprint density at radius 3 is 2.70 bits per heavy atom. The number of thioether (sulfide) groups is 1. The number of amides is 1. The van der Waals surface area contributed by atoms with Crippen LogP contribution in [0, 0.1) is 0 Å². The lowest BCUT2D eigenvalue weighted by atomic mass is 10.1. The molecule has 0 radical (unpaired) electrons. The highest BCUT2D eigenvalue weighted by Crippen LogP contribution is 2.26. The van der Waals surface area contributed by atoms with Crippen LogP contribution in [0.15, 0.2) is 54.6 Å². The number of carbonyl (C=O) groups excluding carboxylic acids is 1. The Bertz CT molecular complexity index is 890. The van der Waals surface area contributed by atoms with Crippen molar-refractivity contribution in [2.24, 2.45) is 0 Å². The number of methoxy groups -OCH3 is 1. The molecule has 0 atom stereocenters. The van der Waals surface area contributed by atoms with Crippen molar-refractivity contribution in [3.8, 4) is 28.3 Å². The Morgan fingerprint density at radius 2 is 1.96 bits per heavy atom. The lowest BCUT2D eigenvalue weighted by Crippen LogP contribution is -2.25. The first kappa shape index (κ1) is 19.0. The normalized spacial score (nSPS) is 10.6. The summed E-state index contributed by atoms with van der Waals surface area (Å²) in [6, 6.07) is 17.3. The monoisotopic (exact) mass is 381 g/mol. The Balaban J connectivity index is 1.69. The van der Waals surface area contributed by atoms with Crippen LogP contribution in [0.5, 0.6) is 5.75 Å². The van der Waals surface area contributed by atoms with E-state index in [0.29, 0.717) is 12.1 Å². The molecule has 1 amide bonds. The molecule has 6 heteroatoms. The van der Waals surface area contributed by atoms with E-state index in [-0.39, 0.29) is 5.91 Å². The molecule has 1 heterocycles. The number of nitrogens with zero attached hydrogens (tertiary/aromatic N) is 1. The fraction of sp³-hybridized carbons (Fsp3) is 0.238. The molecule has 3 aromatic rings. The minimum absolute atomic E-state index is 0.0417. The van der Waals surface area contributed by atoms with Crippen LogP contribution in [-0.4, -0.2) is 41.3 Å². The van der Waals surface area contributed by atoms with Gasteiger partial charge in [0.05, 0.1) is 18.5 Å². The van der Waals surface area contributed by atoms with E-state index in [1.54, 1.807) is 7.11 Å². The quantitative estimate of drug-likeness (QED) is 0.573. The third-order valence-corrected chi connectivity index (χ3v) is 5.04. The maximum absolute atomic E-state index is 12.2. The van der Waals surface area contributed by atoms with E-state index in [2.05, 4.69) is 22.4 Å². The molecule has 0 aliphatic carbocycles. The van der Waals surface area contributed by atoms with E-state index >= 15 is 0 Å². The van der Waals surface area contributed by atoms with Crippen molar-refractivity contribution in [2.75, 3.05) is 25.2 Å². The number of nitrogens with one attached hydrogen (secondary N) is 2. The Morgan fingerprint density at radius 1 is 1.15 bits per heavy atom. The van der Waals surface area contributed by atoms with Crippen LogP contribution in [0.2, 0.25) is 0 Å². The summed E-state index contributed by atoms with van der Waals surface area (Å²) >= 11 is 1.81. The summed E-state index contributed by atoms with van der Waals surface area (Å²) in [5, 5.41) is 10.4. The highest BCUT2D eigenvalue weighted by molar-refractivity contribution is 7.99. The summed E-state index contributed by atoms with van der Waals surface area (Å²) in [6.07, 6.45) is 0. The number of aromatic amines is 1. The van der Waals surface area contributed by atoms with Gasteiger partial charge >= 0.3 is 0 Å². The number of aromatic nitrogens is 2. The van der Waals surface area contributed by atoms with Gasteiger partial charge in [0, 0.05) is 23.4 Å². The van der Waals surface area contributed by atoms with Crippen molar-refractivity contribution in [1.29, 1.82) is 0 Å². The molecular weight excluding hydrogens is 358 g/mol. The lowest BCUT2D eigenvalue weighted by molar-refractivity contribution is 0.0956. The van der Waals surface area contributed by atoms with Gasteiger partial charge in [-0.1, -0.05) is 31.2 Å². The zero-order valence-electron chi connectivity index (χ0n) is 15.5. The Kier molecular flexibility index (Phi) is 6.54. The standard InChI is InChI=1S/C21H23N3O2S/c1-3-27-12-11-22-21(25)16-9-7-15(8-10-16)19-14-20(24-23-19)17-5-4-6-18(13-17)26-2/h4-10,13-14H,3,11-12H2,1-2H3,(H,22,25)(H,23,24). The third kappa shape index (κ3) is 4.92. The fourth-order valence-corrected chi connectivity index (χ4v) is 3.22. The average molecular weight is 382 g/mol.